The summed E-state index contributed by atoms with van der Waals surface area (Å²) in [4.78, 5) is 10.0. The van der Waals surface area contributed by atoms with Gasteiger partial charge in [0.15, 0.2) is 0 Å². The first-order valence-electron chi connectivity index (χ1n) is 14.4. The van der Waals surface area contributed by atoms with Gasteiger partial charge in [-0.15, -0.1) is 23.5 Å². The summed E-state index contributed by atoms with van der Waals surface area (Å²) in [6.07, 6.45) is 2.25. The van der Waals surface area contributed by atoms with Gasteiger partial charge in [-0.05, 0) is 60.1 Å². The number of rotatable bonds is 12. The summed E-state index contributed by atoms with van der Waals surface area (Å²) in [5.74, 6) is 5.16. The molecule has 5 rings (SSSR count). The summed E-state index contributed by atoms with van der Waals surface area (Å²) in [5, 5.41) is 2.19. The number of thioether (sulfide) groups is 2. The van der Waals surface area contributed by atoms with E-state index < -0.39 is 0 Å². The number of nitrogens with zero attached hydrogens (tertiary/aromatic N) is 2. The molecule has 2 aliphatic rings. The largest absolute Gasteiger partial charge is 0.488 e. The molecule has 0 unspecified atom stereocenters. The van der Waals surface area contributed by atoms with E-state index >= 15 is 0 Å². The fourth-order valence-electron chi connectivity index (χ4n) is 5.14. The molecule has 0 N–H and O–H groups in total. The van der Waals surface area contributed by atoms with E-state index in [1.807, 2.05) is 35.7 Å². The minimum Gasteiger partial charge on any atom is -0.488 e. The molecule has 2 aliphatic heterocycles. The number of aliphatic imine (C=N–C) groups is 2. The third kappa shape index (κ3) is 7.52. The van der Waals surface area contributed by atoms with E-state index in [0.29, 0.717) is 37.1 Å². The summed E-state index contributed by atoms with van der Waals surface area (Å²) in [6.45, 7) is 10.0. The van der Waals surface area contributed by atoms with Gasteiger partial charge in [0.1, 0.15) is 34.8 Å². The van der Waals surface area contributed by atoms with Crippen LogP contribution in [0.5, 0.6) is 11.5 Å². The molecule has 6 heteroatoms. The molecule has 0 saturated carbocycles. The first-order chi connectivity index (χ1) is 19.5. The monoisotopic (exact) mass is 572 g/mol. The van der Waals surface area contributed by atoms with E-state index in [-0.39, 0.29) is 0 Å². The van der Waals surface area contributed by atoms with E-state index in [1.54, 1.807) is 0 Å². The number of ether oxygens (including phenoxy) is 2. The van der Waals surface area contributed by atoms with E-state index in [2.05, 4.69) is 88.4 Å². The van der Waals surface area contributed by atoms with Crippen molar-refractivity contribution >= 4 is 33.6 Å². The van der Waals surface area contributed by atoms with Gasteiger partial charge in [-0.2, -0.15) is 0 Å². The van der Waals surface area contributed by atoms with Crippen molar-refractivity contribution in [2.45, 2.75) is 65.8 Å². The second-order valence-electron chi connectivity index (χ2n) is 11.4. The summed E-state index contributed by atoms with van der Waals surface area (Å²) >= 11 is 3.69. The van der Waals surface area contributed by atoms with Gasteiger partial charge in [-0.1, -0.05) is 76.2 Å². The molecule has 2 atom stereocenters. The van der Waals surface area contributed by atoms with E-state index in [0.717, 1.165) is 68.2 Å². The van der Waals surface area contributed by atoms with E-state index in [4.69, 9.17) is 19.5 Å². The van der Waals surface area contributed by atoms with Crippen molar-refractivity contribution in [2.75, 3.05) is 11.5 Å². The molecular formula is C34H40N2O2S2. The van der Waals surface area contributed by atoms with Crippen LogP contribution in [0, 0.1) is 11.8 Å². The molecule has 3 aromatic rings. The molecule has 0 aliphatic carbocycles. The average Bonchev–Trinajstić information content (AvgIpc) is 3.60. The Kier molecular flexibility index (Phi) is 9.92. The minimum absolute atomic E-state index is 0.392. The lowest BCUT2D eigenvalue weighted by Gasteiger charge is -2.15. The molecule has 0 aromatic heterocycles. The predicted molar refractivity (Wildman–Crippen MR) is 172 cm³/mol. The highest BCUT2D eigenvalue weighted by molar-refractivity contribution is 8.15. The van der Waals surface area contributed by atoms with Crippen LogP contribution >= 0.6 is 23.5 Å². The Bertz CT molecular complexity index is 1250. The van der Waals surface area contributed by atoms with Crippen LogP contribution in [0.2, 0.25) is 0 Å². The fourth-order valence-corrected chi connectivity index (χ4v) is 7.36. The Morgan fingerprint density at radius 2 is 1.02 bits per heavy atom. The van der Waals surface area contributed by atoms with Crippen LogP contribution in [-0.4, -0.2) is 33.7 Å². The third-order valence-corrected chi connectivity index (χ3v) is 9.33. The number of para-hydroxylation sites is 2. The van der Waals surface area contributed by atoms with Crippen molar-refractivity contribution in [2.24, 2.45) is 21.8 Å². The number of benzene rings is 3. The standard InChI is InChI=1S/C34H40N2O2S2/c1-23(2)17-27-21-39-33(35-27)29-13-7-9-15-31(29)37-19-25-11-5-6-12-26(25)20-38-32-16-10-8-14-30(32)34-36-28(22-40-34)18-24(3)4/h5-16,23-24,27-28H,17-22H2,1-4H3/t27-,28-/m0/s1. The molecule has 40 heavy (non-hydrogen) atoms. The molecule has 0 radical (unpaired) electrons. The summed E-state index contributed by atoms with van der Waals surface area (Å²) < 4.78 is 12.8. The molecule has 4 nitrogen and oxygen atoms in total. The predicted octanol–water partition coefficient (Wildman–Crippen LogP) is 8.66. The maximum Gasteiger partial charge on any atom is 0.129 e. The fraction of sp³-hybridized carbons (Fsp3) is 0.412. The Balaban J connectivity index is 1.27. The van der Waals surface area contributed by atoms with Gasteiger partial charge in [0, 0.05) is 22.6 Å². The van der Waals surface area contributed by atoms with Crippen molar-refractivity contribution in [3.8, 4) is 11.5 Å². The Morgan fingerprint density at radius 1 is 0.625 bits per heavy atom. The van der Waals surface area contributed by atoms with Crippen LogP contribution in [0.15, 0.2) is 82.8 Å². The zero-order valence-electron chi connectivity index (χ0n) is 24.0. The van der Waals surface area contributed by atoms with Gasteiger partial charge in [-0.3, -0.25) is 9.98 Å². The zero-order valence-corrected chi connectivity index (χ0v) is 25.6. The highest BCUT2D eigenvalue weighted by Crippen LogP contribution is 2.33. The Labute approximate surface area is 248 Å². The van der Waals surface area contributed by atoms with Crippen molar-refractivity contribution in [3.63, 3.8) is 0 Å². The van der Waals surface area contributed by atoms with Gasteiger partial charge >= 0.3 is 0 Å². The third-order valence-electron chi connectivity index (χ3n) is 7.03. The Hall–Kier alpha value is -2.70. The van der Waals surface area contributed by atoms with Gasteiger partial charge in [0.2, 0.25) is 0 Å². The highest BCUT2D eigenvalue weighted by atomic mass is 32.2. The Morgan fingerprint density at radius 3 is 1.45 bits per heavy atom. The van der Waals surface area contributed by atoms with Gasteiger partial charge in [0.05, 0.1) is 12.1 Å². The minimum atomic E-state index is 0.392. The number of hydrogen-bond donors (Lipinski definition) is 0. The van der Waals surface area contributed by atoms with Crippen molar-refractivity contribution < 1.29 is 9.47 Å². The quantitative estimate of drug-likeness (QED) is 0.218. The number of hydrogen-bond acceptors (Lipinski definition) is 6. The first-order valence-corrected chi connectivity index (χ1v) is 16.4. The molecule has 0 bridgehead atoms. The summed E-state index contributed by atoms with van der Waals surface area (Å²) in [6, 6.07) is 25.7. The molecular weight excluding hydrogens is 533 g/mol. The van der Waals surface area contributed by atoms with Crippen LogP contribution in [-0.2, 0) is 13.2 Å². The highest BCUT2D eigenvalue weighted by Gasteiger charge is 2.24. The second kappa shape index (κ2) is 13.8. The van der Waals surface area contributed by atoms with Crippen molar-refractivity contribution in [1.29, 1.82) is 0 Å². The smallest absolute Gasteiger partial charge is 0.129 e. The summed E-state index contributed by atoms with van der Waals surface area (Å²) in [5.41, 5.74) is 4.43. The van der Waals surface area contributed by atoms with E-state index in [9.17, 15) is 0 Å². The van der Waals surface area contributed by atoms with Crippen molar-refractivity contribution in [1.82, 2.24) is 0 Å². The van der Waals surface area contributed by atoms with Crippen molar-refractivity contribution in [3.05, 3.63) is 95.1 Å². The normalized spacial score (nSPS) is 18.8. The maximum atomic E-state index is 6.42. The summed E-state index contributed by atoms with van der Waals surface area (Å²) in [7, 11) is 0. The SMILES string of the molecule is CC(C)C[C@H]1CSC(c2ccccc2OCc2ccccc2COc2ccccc2C2=N[C@@H](CC(C)C)CS2)=N1. The van der Waals surface area contributed by atoms with Crippen LogP contribution in [0.3, 0.4) is 0 Å². The van der Waals surface area contributed by atoms with Crippen LogP contribution < -0.4 is 9.47 Å². The molecule has 0 saturated heterocycles. The van der Waals surface area contributed by atoms with Crippen LogP contribution in [0.4, 0.5) is 0 Å². The topological polar surface area (TPSA) is 43.2 Å². The van der Waals surface area contributed by atoms with Gasteiger partial charge in [-0.25, -0.2) is 0 Å². The molecule has 0 fully saturated rings. The maximum absolute atomic E-state index is 6.42. The molecule has 0 amide bonds. The first kappa shape index (κ1) is 28.8. The molecule has 2 heterocycles. The van der Waals surface area contributed by atoms with E-state index in [1.165, 1.54) is 0 Å². The molecule has 210 valence electrons. The van der Waals surface area contributed by atoms with Crippen LogP contribution in [0.1, 0.15) is 62.8 Å². The average molecular weight is 573 g/mol. The molecule has 0 spiro atoms. The second-order valence-corrected chi connectivity index (χ2v) is 13.4. The lowest BCUT2D eigenvalue weighted by Crippen LogP contribution is -2.08. The van der Waals surface area contributed by atoms with Gasteiger partial charge in [0.25, 0.3) is 0 Å². The van der Waals surface area contributed by atoms with Gasteiger partial charge < -0.3 is 9.47 Å². The molecule has 3 aromatic carbocycles. The van der Waals surface area contributed by atoms with Crippen LogP contribution in [0.25, 0.3) is 0 Å². The lowest BCUT2D eigenvalue weighted by atomic mass is 10.1. The zero-order chi connectivity index (χ0) is 27.9. The lowest BCUT2D eigenvalue weighted by molar-refractivity contribution is 0.285.